The van der Waals surface area contributed by atoms with Crippen molar-refractivity contribution in [2.75, 3.05) is 10.6 Å². The second-order valence-electron chi connectivity index (χ2n) is 6.69. The van der Waals surface area contributed by atoms with E-state index in [0.29, 0.717) is 25.1 Å². The molecule has 0 bridgehead atoms. The predicted molar refractivity (Wildman–Crippen MR) is 114 cm³/mol. The van der Waals surface area contributed by atoms with E-state index in [0.717, 1.165) is 27.3 Å². The lowest BCUT2D eigenvalue weighted by molar-refractivity contribution is -0.129. The predicted octanol–water partition coefficient (Wildman–Crippen LogP) is 4.14. The summed E-state index contributed by atoms with van der Waals surface area (Å²) in [5.74, 6) is 0.206. The molecule has 3 rings (SSSR count). The molecule has 29 heavy (non-hydrogen) atoms. The Bertz CT molecular complexity index is 987. The van der Waals surface area contributed by atoms with Gasteiger partial charge >= 0.3 is 0 Å². The number of aromatic nitrogens is 2. The number of aryl methyl sites for hydroxylation is 1. The van der Waals surface area contributed by atoms with Gasteiger partial charge in [0.05, 0.1) is 10.4 Å². The Morgan fingerprint density at radius 3 is 2.48 bits per heavy atom. The van der Waals surface area contributed by atoms with Gasteiger partial charge in [0.1, 0.15) is 17.0 Å². The molecule has 8 nitrogen and oxygen atoms in total. The van der Waals surface area contributed by atoms with Crippen molar-refractivity contribution in [3.05, 3.63) is 42.2 Å². The number of benzene rings is 1. The van der Waals surface area contributed by atoms with Crippen LogP contribution in [-0.4, -0.2) is 27.0 Å². The first-order chi connectivity index (χ1) is 14.0. The van der Waals surface area contributed by atoms with Crippen LogP contribution in [0.1, 0.15) is 37.7 Å². The van der Waals surface area contributed by atoms with Gasteiger partial charge in [0, 0.05) is 18.5 Å². The standard InChI is InChI=1S/C20H23N5O3S/c1-13-7-9-14(10-8-13)23-19-15-11-18(29-20(15)22-12-21-19)24-16(26)5-3-2-4-6-17(27)25-28/h7-12,28H,2-6H2,1H3,(H,24,26)(H,25,27)(H,21,22,23). The molecule has 2 aromatic heterocycles. The lowest BCUT2D eigenvalue weighted by Crippen LogP contribution is -2.17. The summed E-state index contributed by atoms with van der Waals surface area (Å²) in [5, 5.41) is 16.2. The molecular weight excluding hydrogens is 390 g/mol. The Hall–Kier alpha value is -3.04. The number of carbonyl (C=O) groups excluding carboxylic acids is 2. The number of carbonyl (C=O) groups is 2. The van der Waals surface area contributed by atoms with Gasteiger partial charge in [-0.3, -0.25) is 14.8 Å². The van der Waals surface area contributed by atoms with Gasteiger partial charge in [0.15, 0.2) is 0 Å². The molecule has 9 heteroatoms. The van der Waals surface area contributed by atoms with E-state index in [4.69, 9.17) is 5.21 Å². The molecule has 0 fully saturated rings. The number of hydroxylamine groups is 1. The largest absolute Gasteiger partial charge is 0.340 e. The molecule has 2 heterocycles. The molecule has 3 aromatic rings. The first-order valence-electron chi connectivity index (χ1n) is 9.36. The number of hydrogen-bond donors (Lipinski definition) is 4. The van der Waals surface area contributed by atoms with E-state index in [-0.39, 0.29) is 12.3 Å². The lowest BCUT2D eigenvalue weighted by Gasteiger charge is -2.06. The van der Waals surface area contributed by atoms with Crippen molar-refractivity contribution in [3.8, 4) is 0 Å². The SMILES string of the molecule is Cc1ccc(Nc2ncnc3sc(NC(=O)CCCCCC(=O)NO)cc23)cc1. The van der Waals surface area contributed by atoms with E-state index in [1.54, 1.807) is 5.48 Å². The molecule has 0 atom stereocenters. The Labute approximate surface area is 172 Å². The first kappa shape index (κ1) is 20.7. The third kappa shape index (κ3) is 5.97. The number of thiophene rings is 1. The van der Waals surface area contributed by atoms with Crippen LogP contribution >= 0.6 is 11.3 Å². The highest BCUT2D eigenvalue weighted by Crippen LogP contribution is 2.33. The highest BCUT2D eigenvalue weighted by atomic mass is 32.1. The van der Waals surface area contributed by atoms with Crippen molar-refractivity contribution in [2.24, 2.45) is 0 Å². The van der Waals surface area contributed by atoms with E-state index in [1.807, 2.05) is 37.3 Å². The summed E-state index contributed by atoms with van der Waals surface area (Å²) in [6.45, 7) is 2.03. The van der Waals surface area contributed by atoms with Gasteiger partial charge < -0.3 is 10.6 Å². The van der Waals surface area contributed by atoms with Crippen LogP contribution in [0, 0.1) is 6.92 Å². The molecule has 0 aliphatic carbocycles. The molecule has 2 amide bonds. The van der Waals surface area contributed by atoms with E-state index in [2.05, 4.69) is 20.6 Å². The van der Waals surface area contributed by atoms with Crippen LogP contribution in [0.25, 0.3) is 10.2 Å². The van der Waals surface area contributed by atoms with E-state index < -0.39 is 5.91 Å². The number of amides is 2. The third-order valence-electron chi connectivity index (χ3n) is 4.34. The van der Waals surface area contributed by atoms with Crippen molar-refractivity contribution in [1.29, 1.82) is 0 Å². The fraction of sp³-hybridized carbons (Fsp3) is 0.300. The summed E-state index contributed by atoms with van der Waals surface area (Å²) >= 11 is 1.40. The van der Waals surface area contributed by atoms with E-state index in [1.165, 1.54) is 23.2 Å². The van der Waals surface area contributed by atoms with Crippen molar-refractivity contribution in [2.45, 2.75) is 39.0 Å². The summed E-state index contributed by atoms with van der Waals surface area (Å²) in [7, 11) is 0. The van der Waals surface area contributed by atoms with Crippen molar-refractivity contribution < 1.29 is 14.8 Å². The Kier molecular flexibility index (Phi) is 7.09. The quantitative estimate of drug-likeness (QED) is 0.238. The zero-order valence-electron chi connectivity index (χ0n) is 16.1. The van der Waals surface area contributed by atoms with Crippen LogP contribution in [0.2, 0.25) is 0 Å². The molecule has 0 spiro atoms. The molecule has 152 valence electrons. The monoisotopic (exact) mass is 413 g/mol. The Balaban J connectivity index is 1.57. The lowest BCUT2D eigenvalue weighted by atomic mass is 10.1. The maximum atomic E-state index is 12.2. The van der Waals surface area contributed by atoms with Crippen molar-refractivity contribution in [3.63, 3.8) is 0 Å². The Morgan fingerprint density at radius 1 is 1.03 bits per heavy atom. The summed E-state index contributed by atoms with van der Waals surface area (Å²) in [6, 6.07) is 9.90. The van der Waals surface area contributed by atoms with Crippen LogP contribution in [0.4, 0.5) is 16.5 Å². The fourth-order valence-electron chi connectivity index (χ4n) is 2.79. The van der Waals surface area contributed by atoms with E-state index in [9.17, 15) is 9.59 Å². The molecule has 0 aliphatic heterocycles. The number of unbranched alkanes of at least 4 members (excludes halogenated alkanes) is 2. The second-order valence-corrected chi connectivity index (χ2v) is 7.72. The van der Waals surface area contributed by atoms with Crippen LogP contribution in [0.15, 0.2) is 36.7 Å². The van der Waals surface area contributed by atoms with Crippen LogP contribution in [0.5, 0.6) is 0 Å². The molecule has 0 aliphatic rings. The Morgan fingerprint density at radius 2 is 1.76 bits per heavy atom. The number of fused-ring (bicyclic) bond motifs is 1. The minimum Gasteiger partial charge on any atom is -0.340 e. The first-order valence-corrected chi connectivity index (χ1v) is 10.2. The number of nitrogens with one attached hydrogen (secondary N) is 3. The fourth-order valence-corrected chi connectivity index (χ4v) is 3.71. The normalized spacial score (nSPS) is 10.7. The van der Waals surface area contributed by atoms with Gasteiger partial charge in [-0.25, -0.2) is 15.4 Å². The molecule has 0 radical (unpaired) electrons. The molecule has 0 saturated carbocycles. The van der Waals surface area contributed by atoms with Crippen molar-refractivity contribution >= 4 is 49.9 Å². The smallest absolute Gasteiger partial charge is 0.243 e. The molecule has 1 aromatic carbocycles. The minimum absolute atomic E-state index is 0.0795. The highest BCUT2D eigenvalue weighted by molar-refractivity contribution is 7.22. The van der Waals surface area contributed by atoms with Crippen LogP contribution in [-0.2, 0) is 9.59 Å². The minimum atomic E-state index is -0.407. The maximum absolute atomic E-state index is 12.2. The average molecular weight is 414 g/mol. The van der Waals surface area contributed by atoms with E-state index >= 15 is 0 Å². The molecular formula is C20H23N5O3S. The molecule has 0 unspecified atom stereocenters. The van der Waals surface area contributed by atoms with Gasteiger partial charge in [-0.2, -0.15) is 0 Å². The van der Waals surface area contributed by atoms with Gasteiger partial charge in [-0.1, -0.05) is 35.5 Å². The number of rotatable bonds is 9. The molecule has 4 N–H and O–H groups in total. The zero-order chi connectivity index (χ0) is 20.6. The maximum Gasteiger partial charge on any atom is 0.243 e. The van der Waals surface area contributed by atoms with Crippen LogP contribution < -0.4 is 16.1 Å². The topological polar surface area (TPSA) is 116 Å². The number of nitrogens with zero attached hydrogens (tertiary/aromatic N) is 2. The highest BCUT2D eigenvalue weighted by Gasteiger charge is 2.11. The number of hydrogen-bond acceptors (Lipinski definition) is 7. The van der Waals surface area contributed by atoms with Crippen LogP contribution in [0.3, 0.4) is 0 Å². The summed E-state index contributed by atoms with van der Waals surface area (Å²) < 4.78 is 0. The number of anilines is 3. The van der Waals surface area contributed by atoms with Gasteiger partial charge in [0.2, 0.25) is 11.8 Å². The van der Waals surface area contributed by atoms with Gasteiger partial charge in [0.25, 0.3) is 0 Å². The summed E-state index contributed by atoms with van der Waals surface area (Å²) in [6.07, 6.45) is 4.17. The van der Waals surface area contributed by atoms with Crippen molar-refractivity contribution in [1.82, 2.24) is 15.4 Å². The summed E-state index contributed by atoms with van der Waals surface area (Å²) in [5.41, 5.74) is 3.71. The summed E-state index contributed by atoms with van der Waals surface area (Å²) in [4.78, 5) is 32.5. The van der Waals surface area contributed by atoms with Gasteiger partial charge in [-0.05, 0) is 38.0 Å². The average Bonchev–Trinajstić information content (AvgIpc) is 3.12. The molecule has 0 saturated heterocycles. The second kappa shape index (κ2) is 9.94. The zero-order valence-corrected chi connectivity index (χ0v) is 16.9. The van der Waals surface area contributed by atoms with Gasteiger partial charge in [-0.15, -0.1) is 0 Å². The third-order valence-corrected chi connectivity index (χ3v) is 5.30.